The summed E-state index contributed by atoms with van der Waals surface area (Å²) in [4.78, 5) is 19.0. The molecule has 2 aliphatic rings. The molecule has 220 valence electrons. The molecule has 2 aliphatic heterocycles. The van der Waals surface area contributed by atoms with Crippen LogP contribution in [0.1, 0.15) is 39.9 Å². The number of halogens is 1. The van der Waals surface area contributed by atoms with Gasteiger partial charge in [0, 0.05) is 62.1 Å². The number of nitrogens with one attached hydrogen (secondary N) is 1. The number of carbonyl (C=O) groups is 1. The van der Waals surface area contributed by atoms with Crippen LogP contribution in [0.5, 0.6) is 0 Å². The van der Waals surface area contributed by atoms with Crippen LogP contribution in [0.15, 0.2) is 59.5 Å². The molecule has 3 N–H and O–H groups in total. The van der Waals surface area contributed by atoms with Crippen LogP contribution in [0.25, 0.3) is 0 Å². The molecule has 0 spiro atoms. The van der Waals surface area contributed by atoms with E-state index in [4.69, 9.17) is 11.6 Å². The molecule has 3 aromatic carbocycles. The van der Waals surface area contributed by atoms with Crippen LogP contribution < -0.4 is 20.3 Å². The van der Waals surface area contributed by atoms with Crippen LogP contribution in [-0.4, -0.2) is 64.5 Å². The minimum Gasteiger partial charge on any atom is -0.382 e. The van der Waals surface area contributed by atoms with Crippen LogP contribution >= 0.6 is 0 Å². The third-order valence-electron chi connectivity index (χ3n) is 8.19. The first-order chi connectivity index (χ1) is 20.1. The lowest BCUT2D eigenvalue weighted by Crippen LogP contribution is -2.49. The number of anilines is 3. The van der Waals surface area contributed by atoms with Crippen molar-refractivity contribution in [3.05, 3.63) is 82.7 Å². The highest BCUT2D eigenvalue weighted by atomic mass is 32.2. The number of hydrogen-bond acceptors (Lipinski definition) is 6. The zero-order valence-corrected chi connectivity index (χ0v) is 24.8. The van der Waals surface area contributed by atoms with Crippen molar-refractivity contribution < 1.29 is 17.6 Å². The molecular formula is C32H36FN5O3S. The van der Waals surface area contributed by atoms with Crippen LogP contribution in [-0.2, 0) is 10.0 Å². The third kappa shape index (κ3) is 6.08. The fourth-order valence-corrected chi connectivity index (χ4v) is 6.77. The average molecular weight is 590 g/mol. The molecule has 10 heteroatoms. The Morgan fingerprint density at radius 1 is 0.929 bits per heavy atom. The Labute approximate surface area is 247 Å². The molecule has 3 aromatic rings. The van der Waals surface area contributed by atoms with Crippen molar-refractivity contribution >= 4 is 33.0 Å². The van der Waals surface area contributed by atoms with E-state index in [2.05, 4.69) is 22.2 Å². The van der Waals surface area contributed by atoms with E-state index in [-0.39, 0.29) is 17.6 Å². The lowest BCUT2D eigenvalue weighted by molar-refractivity contribution is 0.0746. The van der Waals surface area contributed by atoms with Gasteiger partial charge in [0.2, 0.25) is 10.0 Å². The van der Waals surface area contributed by atoms with Crippen molar-refractivity contribution in [1.29, 1.82) is 0 Å². The number of sulfonamides is 1. The SMILES string of the molecule is C#Cc1ccccc1N1CCC(Nc2cc(C(=O)N3CCN(c4cccc(F)c4S(N)(=O)=O)CC3)c(C)cc2C)CC1. The van der Waals surface area contributed by atoms with Crippen LogP contribution in [0.2, 0.25) is 0 Å². The Hall–Kier alpha value is -4.07. The summed E-state index contributed by atoms with van der Waals surface area (Å²) in [5.74, 6) is 1.82. The zero-order chi connectivity index (χ0) is 30.0. The fourth-order valence-electron chi connectivity index (χ4n) is 5.94. The summed E-state index contributed by atoms with van der Waals surface area (Å²) in [6, 6.07) is 16.3. The molecule has 0 unspecified atom stereocenters. The predicted molar refractivity (Wildman–Crippen MR) is 165 cm³/mol. The number of amides is 1. The van der Waals surface area contributed by atoms with Gasteiger partial charge in [0.05, 0.1) is 11.4 Å². The number of terminal acetylenes is 1. The molecule has 0 atom stereocenters. The van der Waals surface area contributed by atoms with Gasteiger partial charge in [-0.25, -0.2) is 17.9 Å². The van der Waals surface area contributed by atoms with Crippen molar-refractivity contribution in [2.45, 2.75) is 37.6 Å². The Kier molecular flexibility index (Phi) is 8.43. The number of hydrogen-bond donors (Lipinski definition) is 2. The van der Waals surface area contributed by atoms with Gasteiger partial charge in [0.15, 0.2) is 0 Å². The molecular weight excluding hydrogens is 553 g/mol. The van der Waals surface area contributed by atoms with Gasteiger partial charge < -0.3 is 20.0 Å². The van der Waals surface area contributed by atoms with E-state index in [1.165, 1.54) is 6.07 Å². The number of para-hydroxylation sites is 1. The summed E-state index contributed by atoms with van der Waals surface area (Å²) < 4.78 is 38.5. The number of nitrogens with zero attached hydrogens (tertiary/aromatic N) is 3. The van der Waals surface area contributed by atoms with Gasteiger partial charge >= 0.3 is 0 Å². The van der Waals surface area contributed by atoms with E-state index in [1.807, 2.05) is 44.2 Å². The quantitative estimate of drug-likeness (QED) is 0.420. The van der Waals surface area contributed by atoms with Crippen molar-refractivity contribution in [1.82, 2.24) is 4.90 Å². The lowest BCUT2D eigenvalue weighted by atomic mass is 9.99. The maximum absolute atomic E-state index is 14.4. The minimum absolute atomic E-state index is 0.0816. The molecule has 1 amide bonds. The number of primary sulfonamides is 1. The maximum atomic E-state index is 14.4. The minimum atomic E-state index is -4.25. The maximum Gasteiger partial charge on any atom is 0.254 e. The van der Waals surface area contributed by atoms with E-state index < -0.39 is 20.7 Å². The third-order valence-corrected chi connectivity index (χ3v) is 9.17. The molecule has 0 aliphatic carbocycles. The highest BCUT2D eigenvalue weighted by Crippen LogP contribution is 2.30. The monoisotopic (exact) mass is 589 g/mol. The van der Waals surface area contributed by atoms with E-state index in [1.54, 1.807) is 15.9 Å². The highest BCUT2D eigenvalue weighted by Gasteiger charge is 2.29. The van der Waals surface area contributed by atoms with Crippen molar-refractivity contribution in [2.24, 2.45) is 5.14 Å². The van der Waals surface area contributed by atoms with Gasteiger partial charge in [0.1, 0.15) is 10.7 Å². The Morgan fingerprint density at radius 2 is 1.57 bits per heavy atom. The number of aryl methyl sites for hydroxylation is 2. The van der Waals surface area contributed by atoms with Gasteiger partial charge in [-0.1, -0.05) is 30.2 Å². The number of piperidine rings is 1. The summed E-state index contributed by atoms with van der Waals surface area (Å²) in [6.07, 6.45) is 7.59. The van der Waals surface area contributed by atoms with E-state index in [0.29, 0.717) is 31.7 Å². The second-order valence-corrected chi connectivity index (χ2v) is 12.5. The van der Waals surface area contributed by atoms with Gasteiger partial charge in [0.25, 0.3) is 5.91 Å². The Balaban J connectivity index is 1.25. The number of carbonyl (C=O) groups excluding carboxylic acids is 1. The summed E-state index contributed by atoms with van der Waals surface area (Å²) in [5, 5.41) is 8.98. The topological polar surface area (TPSA) is 99.0 Å². The van der Waals surface area contributed by atoms with Gasteiger partial charge in [-0.3, -0.25) is 4.79 Å². The number of rotatable bonds is 6. The van der Waals surface area contributed by atoms with Gasteiger partial charge in [-0.2, -0.15) is 0 Å². The van der Waals surface area contributed by atoms with Crippen LogP contribution in [0, 0.1) is 32.0 Å². The normalized spacial score (nSPS) is 16.3. The summed E-state index contributed by atoms with van der Waals surface area (Å²) in [7, 11) is -4.25. The molecule has 0 saturated carbocycles. The summed E-state index contributed by atoms with van der Waals surface area (Å²) in [6.45, 7) is 7.20. The molecule has 8 nitrogen and oxygen atoms in total. The zero-order valence-electron chi connectivity index (χ0n) is 23.9. The Bertz CT molecular complexity index is 1640. The molecule has 2 saturated heterocycles. The second kappa shape index (κ2) is 12.0. The lowest BCUT2D eigenvalue weighted by Gasteiger charge is -2.37. The first-order valence-corrected chi connectivity index (χ1v) is 15.7. The van der Waals surface area contributed by atoms with Crippen LogP contribution in [0.4, 0.5) is 21.5 Å². The first-order valence-electron chi connectivity index (χ1n) is 14.1. The van der Waals surface area contributed by atoms with E-state index in [9.17, 15) is 17.6 Å². The second-order valence-electron chi connectivity index (χ2n) is 11.0. The molecule has 0 bridgehead atoms. The van der Waals surface area contributed by atoms with Gasteiger partial charge in [-0.15, -0.1) is 6.42 Å². The van der Waals surface area contributed by atoms with Crippen molar-refractivity contribution in [3.8, 4) is 12.3 Å². The van der Waals surface area contributed by atoms with E-state index >= 15 is 0 Å². The van der Waals surface area contributed by atoms with Gasteiger partial charge in [-0.05, 0) is 68.1 Å². The molecule has 42 heavy (non-hydrogen) atoms. The van der Waals surface area contributed by atoms with Crippen molar-refractivity contribution in [3.63, 3.8) is 0 Å². The van der Waals surface area contributed by atoms with Crippen molar-refractivity contribution in [2.75, 3.05) is 54.4 Å². The standard InChI is InChI=1S/C32H36FN5O3S/c1-4-24-8-5-6-10-29(24)36-14-12-25(13-15-36)35-28-21-26(22(2)20-23(28)3)32(39)38-18-16-37(17-19-38)30-11-7-9-27(33)31(30)42(34,40)41/h1,5-11,20-21,25,35H,12-19H2,2-3H3,(H2,34,40,41). The number of benzene rings is 3. The molecule has 0 radical (unpaired) electrons. The van der Waals surface area contributed by atoms with E-state index in [0.717, 1.165) is 60.1 Å². The average Bonchev–Trinajstić information content (AvgIpc) is 2.98. The summed E-state index contributed by atoms with van der Waals surface area (Å²) >= 11 is 0. The molecule has 0 aromatic heterocycles. The fraction of sp³-hybridized carbons (Fsp3) is 0.344. The molecule has 2 heterocycles. The first kappa shape index (κ1) is 29.4. The smallest absolute Gasteiger partial charge is 0.254 e. The van der Waals surface area contributed by atoms with Crippen LogP contribution in [0.3, 0.4) is 0 Å². The largest absolute Gasteiger partial charge is 0.382 e. The predicted octanol–water partition coefficient (Wildman–Crippen LogP) is 4.11. The number of nitrogens with two attached hydrogens (primary N) is 1. The molecule has 5 rings (SSSR count). The summed E-state index contributed by atoms with van der Waals surface area (Å²) in [5.41, 5.74) is 5.77. The Morgan fingerprint density at radius 3 is 2.24 bits per heavy atom. The molecule has 2 fully saturated rings. The highest BCUT2D eigenvalue weighted by molar-refractivity contribution is 7.89. The number of piperazine rings is 1.